The van der Waals surface area contributed by atoms with Crippen LogP contribution < -0.4 is 0 Å². The number of aliphatic hydroxyl groups is 1. The Morgan fingerprint density at radius 2 is 2.27 bits per heavy atom. The van der Waals surface area contributed by atoms with Gasteiger partial charge in [-0.05, 0) is 30.3 Å². The van der Waals surface area contributed by atoms with Crippen LogP contribution in [0.3, 0.4) is 0 Å². The summed E-state index contributed by atoms with van der Waals surface area (Å²) in [6.45, 7) is 6.13. The monoisotopic (exact) mass is 152 g/mol. The summed E-state index contributed by atoms with van der Waals surface area (Å²) in [6.07, 6.45) is 4.64. The van der Waals surface area contributed by atoms with Crippen LogP contribution in [0.2, 0.25) is 0 Å². The molecule has 0 saturated heterocycles. The lowest BCUT2D eigenvalue weighted by molar-refractivity contribution is -0.0940. The van der Waals surface area contributed by atoms with Crippen LogP contribution in [0.5, 0.6) is 0 Å². The Bertz CT molecular complexity index is 197. The molecule has 1 nitrogen and oxygen atoms in total. The first kappa shape index (κ1) is 7.35. The van der Waals surface area contributed by atoms with Gasteiger partial charge in [0, 0.05) is 0 Å². The standard InChI is InChI=1S/C10H16O/c1-7-8(2)10(11)6-4-3-5-9(7)10/h7,9,11H,2-6H2,1H3/t7-,9-,10-/m1/s1. The molecule has 0 radical (unpaired) electrons. The molecule has 3 atom stereocenters. The van der Waals surface area contributed by atoms with Gasteiger partial charge in [-0.1, -0.05) is 26.3 Å². The van der Waals surface area contributed by atoms with E-state index in [2.05, 4.69) is 13.5 Å². The van der Waals surface area contributed by atoms with Crippen molar-refractivity contribution in [3.63, 3.8) is 0 Å². The smallest absolute Gasteiger partial charge is 0.0890 e. The number of hydrogen-bond acceptors (Lipinski definition) is 1. The fraction of sp³-hybridized carbons (Fsp3) is 0.800. The van der Waals surface area contributed by atoms with Gasteiger partial charge in [-0.15, -0.1) is 0 Å². The van der Waals surface area contributed by atoms with E-state index < -0.39 is 5.60 Å². The van der Waals surface area contributed by atoms with Crippen LogP contribution in [0.25, 0.3) is 0 Å². The molecule has 2 aliphatic carbocycles. The van der Waals surface area contributed by atoms with Crippen molar-refractivity contribution in [2.24, 2.45) is 11.8 Å². The highest BCUT2D eigenvalue weighted by Gasteiger charge is 2.54. The van der Waals surface area contributed by atoms with E-state index in [0.29, 0.717) is 11.8 Å². The van der Waals surface area contributed by atoms with Gasteiger partial charge in [0.1, 0.15) is 0 Å². The van der Waals surface area contributed by atoms with Crippen LogP contribution in [0, 0.1) is 11.8 Å². The zero-order valence-electron chi connectivity index (χ0n) is 7.14. The topological polar surface area (TPSA) is 20.2 Å². The van der Waals surface area contributed by atoms with Crippen LogP contribution in [0.4, 0.5) is 0 Å². The van der Waals surface area contributed by atoms with Gasteiger partial charge in [0.05, 0.1) is 5.60 Å². The lowest BCUT2D eigenvalue weighted by atomic mass is 9.53. The summed E-state index contributed by atoms with van der Waals surface area (Å²) in [7, 11) is 0. The van der Waals surface area contributed by atoms with E-state index in [1.807, 2.05) is 0 Å². The van der Waals surface area contributed by atoms with Gasteiger partial charge in [0.15, 0.2) is 0 Å². The summed E-state index contributed by atoms with van der Waals surface area (Å²) in [5.74, 6) is 1.10. The van der Waals surface area contributed by atoms with E-state index in [0.717, 1.165) is 12.0 Å². The van der Waals surface area contributed by atoms with Gasteiger partial charge in [0.25, 0.3) is 0 Å². The van der Waals surface area contributed by atoms with E-state index in [1.54, 1.807) is 0 Å². The van der Waals surface area contributed by atoms with Crippen molar-refractivity contribution in [3.05, 3.63) is 12.2 Å². The van der Waals surface area contributed by atoms with E-state index in [-0.39, 0.29) is 0 Å². The Kier molecular flexibility index (Phi) is 1.40. The predicted molar refractivity (Wildman–Crippen MR) is 45.2 cm³/mol. The van der Waals surface area contributed by atoms with Crippen LogP contribution in [0.15, 0.2) is 12.2 Å². The zero-order valence-corrected chi connectivity index (χ0v) is 7.14. The highest BCUT2D eigenvalue weighted by molar-refractivity contribution is 5.30. The van der Waals surface area contributed by atoms with Gasteiger partial charge in [-0.25, -0.2) is 0 Å². The van der Waals surface area contributed by atoms with Gasteiger partial charge in [-0.3, -0.25) is 0 Å². The molecule has 0 heterocycles. The molecular weight excluding hydrogens is 136 g/mol. The molecule has 2 fully saturated rings. The molecule has 0 unspecified atom stereocenters. The molecule has 1 N–H and O–H groups in total. The average molecular weight is 152 g/mol. The number of hydrogen-bond donors (Lipinski definition) is 1. The second kappa shape index (κ2) is 2.10. The third-order valence-corrected chi connectivity index (χ3v) is 3.65. The Morgan fingerprint density at radius 3 is 2.91 bits per heavy atom. The number of rotatable bonds is 0. The summed E-state index contributed by atoms with van der Waals surface area (Å²) < 4.78 is 0. The molecule has 1 heteroatoms. The van der Waals surface area contributed by atoms with Crippen LogP contribution >= 0.6 is 0 Å². The summed E-state index contributed by atoms with van der Waals surface area (Å²) in [5, 5.41) is 10.1. The van der Waals surface area contributed by atoms with E-state index in [1.165, 1.54) is 19.3 Å². The predicted octanol–water partition coefficient (Wildman–Crippen LogP) is 2.11. The second-order valence-corrected chi connectivity index (χ2v) is 4.09. The maximum Gasteiger partial charge on any atom is 0.0890 e. The molecule has 2 aliphatic rings. The average Bonchev–Trinajstić information content (AvgIpc) is 2.04. The normalized spacial score (nSPS) is 49.8. The fourth-order valence-corrected chi connectivity index (χ4v) is 2.79. The number of fused-ring (bicyclic) bond motifs is 1. The van der Waals surface area contributed by atoms with Crippen molar-refractivity contribution in [3.8, 4) is 0 Å². The van der Waals surface area contributed by atoms with Crippen molar-refractivity contribution in [2.45, 2.75) is 38.2 Å². The Hall–Kier alpha value is -0.300. The van der Waals surface area contributed by atoms with E-state index in [9.17, 15) is 5.11 Å². The molecule has 0 bridgehead atoms. The third kappa shape index (κ3) is 0.750. The second-order valence-electron chi connectivity index (χ2n) is 4.09. The summed E-state index contributed by atoms with van der Waals surface area (Å²) in [6, 6.07) is 0. The maximum absolute atomic E-state index is 10.1. The summed E-state index contributed by atoms with van der Waals surface area (Å²) >= 11 is 0. The minimum absolute atomic E-state index is 0.447. The minimum atomic E-state index is -0.447. The van der Waals surface area contributed by atoms with E-state index >= 15 is 0 Å². The Balaban J connectivity index is 2.19. The zero-order chi connectivity index (χ0) is 8.06. The molecule has 62 valence electrons. The van der Waals surface area contributed by atoms with Crippen molar-refractivity contribution in [2.75, 3.05) is 0 Å². The maximum atomic E-state index is 10.1. The molecule has 0 aromatic heterocycles. The Labute approximate surface area is 68.1 Å². The largest absolute Gasteiger partial charge is 0.385 e. The first-order valence-corrected chi connectivity index (χ1v) is 4.58. The van der Waals surface area contributed by atoms with Gasteiger partial charge in [-0.2, -0.15) is 0 Å². The van der Waals surface area contributed by atoms with Gasteiger partial charge >= 0.3 is 0 Å². The molecule has 2 rings (SSSR count). The lowest BCUT2D eigenvalue weighted by Gasteiger charge is -2.55. The van der Waals surface area contributed by atoms with Crippen molar-refractivity contribution < 1.29 is 5.11 Å². The van der Waals surface area contributed by atoms with Gasteiger partial charge in [0.2, 0.25) is 0 Å². The fourth-order valence-electron chi connectivity index (χ4n) is 2.79. The molecule has 0 spiro atoms. The highest BCUT2D eigenvalue weighted by Crippen LogP contribution is 2.55. The van der Waals surface area contributed by atoms with Gasteiger partial charge < -0.3 is 5.11 Å². The van der Waals surface area contributed by atoms with Crippen molar-refractivity contribution >= 4 is 0 Å². The van der Waals surface area contributed by atoms with Crippen molar-refractivity contribution in [1.82, 2.24) is 0 Å². The molecule has 2 saturated carbocycles. The first-order chi connectivity index (χ1) is 5.16. The SMILES string of the molecule is C=C1[C@@H](C)[C@H]2CCCC[C@@]12O. The molecule has 0 aromatic carbocycles. The summed E-state index contributed by atoms with van der Waals surface area (Å²) in [4.78, 5) is 0. The van der Waals surface area contributed by atoms with Crippen LogP contribution in [0.1, 0.15) is 32.6 Å². The minimum Gasteiger partial charge on any atom is -0.385 e. The molecule has 11 heavy (non-hydrogen) atoms. The third-order valence-electron chi connectivity index (χ3n) is 3.65. The highest BCUT2D eigenvalue weighted by atomic mass is 16.3. The Morgan fingerprint density at radius 1 is 1.55 bits per heavy atom. The van der Waals surface area contributed by atoms with Crippen LogP contribution in [-0.4, -0.2) is 10.7 Å². The molecular formula is C10H16O. The molecule has 0 aliphatic heterocycles. The van der Waals surface area contributed by atoms with Crippen LogP contribution in [-0.2, 0) is 0 Å². The molecule has 0 aromatic rings. The summed E-state index contributed by atoms with van der Waals surface area (Å²) in [5.41, 5.74) is 0.639. The van der Waals surface area contributed by atoms with E-state index in [4.69, 9.17) is 0 Å². The first-order valence-electron chi connectivity index (χ1n) is 4.58. The molecule has 0 amide bonds. The van der Waals surface area contributed by atoms with Crippen molar-refractivity contribution in [1.29, 1.82) is 0 Å². The lowest BCUT2D eigenvalue weighted by Crippen LogP contribution is -2.56. The quantitative estimate of drug-likeness (QED) is 0.527.